The summed E-state index contributed by atoms with van der Waals surface area (Å²) in [5.74, 6) is 3.17. The maximum absolute atomic E-state index is 5.77. The van der Waals surface area contributed by atoms with Crippen LogP contribution in [0.25, 0.3) is 0 Å². The Labute approximate surface area is 92.5 Å². The van der Waals surface area contributed by atoms with E-state index in [0.29, 0.717) is 12.0 Å². The van der Waals surface area contributed by atoms with Crippen molar-refractivity contribution in [3.8, 4) is 12.3 Å². The summed E-state index contributed by atoms with van der Waals surface area (Å²) in [7, 11) is 0. The highest BCUT2D eigenvalue weighted by molar-refractivity contribution is 5.78. The average molecular weight is 207 g/mol. The highest BCUT2D eigenvalue weighted by atomic mass is 15.1. The van der Waals surface area contributed by atoms with Crippen molar-refractivity contribution in [1.29, 1.82) is 0 Å². The van der Waals surface area contributed by atoms with E-state index < -0.39 is 0 Å². The molecule has 3 N–H and O–H groups in total. The van der Waals surface area contributed by atoms with Crippen LogP contribution >= 0.6 is 0 Å². The van der Waals surface area contributed by atoms with Gasteiger partial charge in [-0.1, -0.05) is 19.3 Å². The van der Waals surface area contributed by atoms with Gasteiger partial charge in [0.25, 0.3) is 0 Å². The fourth-order valence-corrected chi connectivity index (χ4v) is 1.88. The van der Waals surface area contributed by atoms with Crippen LogP contribution < -0.4 is 11.1 Å². The maximum Gasteiger partial charge on any atom is 0.188 e. The third-order valence-electron chi connectivity index (χ3n) is 2.72. The second kappa shape index (κ2) is 7.17. The molecule has 3 heteroatoms. The summed E-state index contributed by atoms with van der Waals surface area (Å²) in [6.45, 7) is 0.732. The first kappa shape index (κ1) is 11.9. The molecule has 0 aliphatic heterocycles. The van der Waals surface area contributed by atoms with Crippen molar-refractivity contribution < 1.29 is 0 Å². The van der Waals surface area contributed by atoms with Crippen LogP contribution in [-0.2, 0) is 0 Å². The first-order valence-corrected chi connectivity index (χ1v) is 5.83. The molecule has 1 aliphatic rings. The Morgan fingerprint density at radius 1 is 1.40 bits per heavy atom. The lowest BCUT2D eigenvalue weighted by Crippen LogP contribution is -2.41. The molecule has 1 fully saturated rings. The summed E-state index contributed by atoms with van der Waals surface area (Å²) in [4.78, 5) is 4.24. The fourth-order valence-electron chi connectivity index (χ4n) is 1.88. The molecule has 15 heavy (non-hydrogen) atoms. The van der Waals surface area contributed by atoms with Crippen molar-refractivity contribution in [1.82, 2.24) is 5.32 Å². The van der Waals surface area contributed by atoms with Gasteiger partial charge in [-0.15, -0.1) is 12.3 Å². The third kappa shape index (κ3) is 5.31. The highest BCUT2D eigenvalue weighted by Gasteiger charge is 2.12. The Hall–Kier alpha value is -1.17. The zero-order chi connectivity index (χ0) is 10.9. The number of nitrogens with zero attached hydrogens (tertiary/aromatic N) is 1. The average Bonchev–Trinajstić information content (AvgIpc) is 2.26. The largest absolute Gasteiger partial charge is 0.370 e. The van der Waals surface area contributed by atoms with Gasteiger partial charge in [0, 0.05) is 19.0 Å². The van der Waals surface area contributed by atoms with E-state index in [1.54, 1.807) is 0 Å². The van der Waals surface area contributed by atoms with E-state index in [1.807, 2.05) is 0 Å². The Morgan fingerprint density at radius 3 is 2.80 bits per heavy atom. The molecule has 0 heterocycles. The SMILES string of the molecule is C#CCCCN=C(N)NC1CCCCC1. The molecule has 0 spiro atoms. The molecule has 0 aromatic rings. The Balaban J connectivity index is 2.15. The lowest BCUT2D eigenvalue weighted by atomic mass is 9.96. The molecule has 0 unspecified atom stereocenters. The Morgan fingerprint density at radius 2 is 2.13 bits per heavy atom. The van der Waals surface area contributed by atoms with E-state index in [-0.39, 0.29) is 0 Å². The van der Waals surface area contributed by atoms with Crippen LogP contribution in [0.2, 0.25) is 0 Å². The summed E-state index contributed by atoms with van der Waals surface area (Å²) in [5, 5.41) is 3.27. The molecule has 84 valence electrons. The number of hydrogen-bond donors (Lipinski definition) is 2. The molecule has 0 aromatic carbocycles. The van der Waals surface area contributed by atoms with Crippen molar-refractivity contribution in [2.75, 3.05) is 6.54 Å². The number of hydrogen-bond acceptors (Lipinski definition) is 1. The third-order valence-corrected chi connectivity index (χ3v) is 2.72. The summed E-state index contributed by atoms with van der Waals surface area (Å²) in [6, 6.07) is 0.537. The van der Waals surface area contributed by atoms with Gasteiger partial charge < -0.3 is 11.1 Å². The van der Waals surface area contributed by atoms with Crippen LogP contribution in [0.1, 0.15) is 44.9 Å². The molecule has 0 aromatic heterocycles. The van der Waals surface area contributed by atoms with Crippen molar-refractivity contribution in [3.63, 3.8) is 0 Å². The van der Waals surface area contributed by atoms with E-state index in [9.17, 15) is 0 Å². The van der Waals surface area contributed by atoms with E-state index in [4.69, 9.17) is 12.2 Å². The van der Waals surface area contributed by atoms with Crippen LogP contribution in [0, 0.1) is 12.3 Å². The van der Waals surface area contributed by atoms with Crippen molar-refractivity contribution in [2.24, 2.45) is 10.7 Å². The van der Waals surface area contributed by atoms with Gasteiger partial charge in [-0.25, -0.2) is 0 Å². The van der Waals surface area contributed by atoms with Crippen LogP contribution in [0.15, 0.2) is 4.99 Å². The minimum absolute atomic E-state index is 0.537. The lowest BCUT2D eigenvalue weighted by molar-refractivity contribution is 0.412. The molecule has 0 atom stereocenters. The Kier molecular flexibility index (Phi) is 5.69. The molecule has 0 bridgehead atoms. The van der Waals surface area contributed by atoms with E-state index in [0.717, 1.165) is 19.4 Å². The molecule has 1 aliphatic carbocycles. The van der Waals surface area contributed by atoms with Gasteiger partial charge in [0.15, 0.2) is 5.96 Å². The van der Waals surface area contributed by atoms with Crippen molar-refractivity contribution >= 4 is 5.96 Å². The minimum atomic E-state index is 0.537. The molecular formula is C12H21N3. The van der Waals surface area contributed by atoms with E-state index >= 15 is 0 Å². The number of nitrogens with one attached hydrogen (secondary N) is 1. The molecule has 1 rings (SSSR count). The summed E-state index contributed by atoms with van der Waals surface area (Å²) >= 11 is 0. The predicted octanol–water partition coefficient (Wildman–Crippen LogP) is 1.64. The molecule has 0 amide bonds. The van der Waals surface area contributed by atoms with E-state index in [1.165, 1.54) is 32.1 Å². The van der Waals surface area contributed by atoms with Gasteiger partial charge in [0.05, 0.1) is 0 Å². The highest BCUT2D eigenvalue weighted by Crippen LogP contribution is 2.16. The van der Waals surface area contributed by atoms with Gasteiger partial charge >= 0.3 is 0 Å². The quantitative estimate of drug-likeness (QED) is 0.319. The lowest BCUT2D eigenvalue weighted by Gasteiger charge is -2.23. The molecule has 1 saturated carbocycles. The first-order valence-electron chi connectivity index (χ1n) is 5.83. The normalized spacial score (nSPS) is 18.5. The van der Waals surface area contributed by atoms with Gasteiger partial charge in [-0.2, -0.15) is 0 Å². The van der Waals surface area contributed by atoms with E-state index in [2.05, 4.69) is 16.2 Å². The molecule has 0 radical (unpaired) electrons. The van der Waals surface area contributed by atoms with Gasteiger partial charge in [-0.05, 0) is 19.3 Å². The smallest absolute Gasteiger partial charge is 0.188 e. The van der Waals surface area contributed by atoms with Gasteiger partial charge in [-0.3, -0.25) is 4.99 Å². The molecular weight excluding hydrogens is 186 g/mol. The zero-order valence-electron chi connectivity index (χ0n) is 9.34. The standard InChI is InChI=1S/C12H21N3/c1-2-3-7-10-14-12(13)15-11-8-5-4-6-9-11/h1,11H,3-10H2,(H3,13,14,15). The topological polar surface area (TPSA) is 50.4 Å². The number of aliphatic imine (C=N–C) groups is 1. The van der Waals surface area contributed by atoms with Crippen LogP contribution in [-0.4, -0.2) is 18.5 Å². The van der Waals surface area contributed by atoms with Gasteiger partial charge in [0.1, 0.15) is 0 Å². The number of unbranched alkanes of at least 4 members (excludes halogenated alkanes) is 1. The maximum atomic E-state index is 5.77. The number of terminal acetylenes is 1. The van der Waals surface area contributed by atoms with Crippen LogP contribution in [0.5, 0.6) is 0 Å². The van der Waals surface area contributed by atoms with Crippen LogP contribution in [0.4, 0.5) is 0 Å². The van der Waals surface area contributed by atoms with Crippen LogP contribution in [0.3, 0.4) is 0 Å². The zero-order valence-corrected chi connectivity index (χ0v) is 9.34. The second-order valence-corrected chi connectivity index (χ2v) is 4.05. The monoisotopic (exact) mass is 207 g/mol. The summed E-state index contributed by atoms with van der Waals surface area (Å²) in [6.07, 6.45) is 13.3. The van der Waals surface area contributed by atoms with Crippen molar-refractivity contribution in [2.45, 2.75) is 51.0 Å². The van der Waals surface area contributed by atoms with Crippen molar-refractivity contribution in [3.05, 3.63) is 0 Å². The summed E-state index contributed by atoms with van der Waals surface area (Å²) < 4.78 is 0. The number of rotatable bonds is 4. The first-order chi connectivity index (χ1) is 7.33. The minimum Gasteiger partial charge on any atom is -0.370 e. The number of nitrogens with two attached hydrogens (primary N) is 1. The predicted molar refractivity (Wildman–Crippen MR) is 64.6 cm³/mol. The van der Waals surface area contributed by atoms with Gasteiger partial charge in [0.2, 0.25) is 0 Å². The number of guanidine groups is 1. The Bertz CT molecular complexity index is 234. The fraction of sp³-hybridized carbons (Fsp3) is 0.750. The summed E-state index contributed by atoms with van der Waals surface area (Å²) in [5.41, 5.74) is 5.77. The molecule has 0 saturated heterocycles. The molecule has 3 nitrogen and oxygen atoms in total. The second-order valence-electron chi connectivity index (χ2n) is 4.05.